The molecule has 2 N–H and O–H groups in total. The highest BCUT2D eigenvalue weighted by Crippen LogP contribution is 2.18. The van der Waals surface area contributed by atoms with Crippen LogP contribution in [0.2, 0.25) is 0 Å². The van der Waals surface area contributed by atoms with Gasteiger partial charge in [-0.15, -0.1) is 0 Å². The zero-order valence-corrected chi connectivity index (χ0v) is 14.7. The molecule has 5 nitrogen and oxygen atoms in total. The van der Waals surface area contributed by atoms with E-state index in [9.17, 15) is 4.79 Å². The Bertz CT molecular complexity index is 658. The maximum atomic E-state index is 12.5. The Kier molecular flexibility index (Phi) is 6.55. The highest BCUT2D eigenvalue weighted by atomic mass is 16.3. The third-order valence-corrected chi connectivity index (χ3v) is 4.28. The van der Waals surface area contributed by atoms with Gasteiger partial charge in [-0.3, -0.25) is 9.48 Å². The summed E-state index contributed by atoms with van der Waals surface area (Å²) in [4.78, 5) is 12.5. The van der Waals surface area contributed by atoms with E-state index in [1.807, 2.05) is 41.9 Å². The molecule has 0 spiro atoms. The van der Waals surface area contributed by atoms with Gasteiger partial charge in [0, 0.05) is 6.54 Å². The van der Waals surface area contributed by atoms with Crippen LogP contribution >= 0.6 is 0 Å². The van der Waals surface area contributed by atoms with Crippen molar-refractivity contribution in [2.45, 2.75) is 52.7 Å². The van der Waals surface area contributed by atoms with Gasteiger partial charge in [-0.1, -0.05) is 38.1 Å². The molecule has 0 radical (unpaired) electrons. The summed E-state index contributed by atoms with van der Waals surface area (Å²) < 4.78 is 1.86. The first-order valence-corrected chi connectivity index (χ1v) is 8.62. The smallest absolute Gasteiger partial charge is 0.269 e. The Morgan fingerprint density at radius 3 is 2.42 bits per heavy atom. The molecule has 0 atom stereocenters. The van der Waals surface area contributed by atoms with Gasteiger partial charge in [-0.25, -0.2) is 0 Å². The number of rotatable bonds is 8. The minimum Gasteiger partial charge on any atom is -0.392 e. The maximum Gasteiger partial charge on any atom is 0.269 e. The van der Waals surface area contributed by atoms with E-state index in [2.05, 4.69) is 24.3 Å². The number of nitrogens with one attached hydrogen (secondary N) is 1. The quantitative estimate of drug-likeness (QED) is 0.782. The number of aromatic nitrogens is 2. The molecule has 0 aliphatic heterocycles. The second kappa shape index (κ2) is 8.64. The molecule has 0 saturated carbocycles. The first-order chi connectivity index (χ1) is 11.6. The van der Waals surface area contributed by atoms with Gasteiger partial charge in [0.1, 0.15) is 5.69 Å². The summed E-state index contributed by atoms with van der Waals surface area (Å²) in [6, 6.07) is 9.88. The van der Waals surface area contributed by atoms with Crippen molar-refractivity contribution in [3.8, 4) is 0 Å². The Balaban J connectivity index is 1.97. The third-order valence-electron chi connectivity index (χ3n) is 4.28. The van der Waals surface area contributed by atoms with Crippen molar-refractivity contribution in [3.63, 3.8) is 0 Å². The molecule has 1 aromatic heterocycles. The predicted octanol–water partition coefficient (Wildman–Crippen LogP) is 3.02. The SMILES string of the molecule is CCC(CC)n1nc(C)cc1C(=O)NCCc1ccc(CO)cc1. The number of hydrogen-bond donors (Lipinski definition) is 2. The van der Waals surface area contributed by atoms with Crippen molar-refractivity contribution < 1.29 is 9.90 Å². The van der Waals surface area contributed by atoms with E-state index in [0.29, 0.717) is 12.2 Å². The molecule has 1 aromatic carbocycles. The fourth-order valence-corrected chi connectivity index (χ4v) is 2.82. The van der Waals surface area contributed by atoms with Crippen LogP contribution in [-0.2, 0) is 13.0 Å². The number of aliphatic hydroxyl groups is 1. The zero-order valence-electron chi connectivity index (χ0n) is 14.7. The molecule has 2 aromatic rings. The fourth-order valence-electron chi connectivity index (χ4n) is 2.82. The maximum absolute atomic E-state index is 12.5. The van der Waals surface area contributed by atoms with E-state index in [-0.39, 0.29) is 18.6 Å². The van der Waals surface area contributed by atoms with Gasteiger partial charge in [0.2, 0.25) is 0 Å². The zero-order chi connectivity index (χ0) is 17.5. The Hall–Kier alpha value is -2.14. The summed E-state index contributed by atoms with van der Waals surface area (Å²) in [5.41, 5.74) is 3.54. The number of carbonyl (C=O) groups is 1. The first kappa shape index (κ1) is 18.2. The van der Waals surface area contributed by atoms with Gasteiger partial charge < -0.3 is 10.4 Å². The molecule has 0 aliphatic rings. The predicted molar refractivity (Wildman–Crippen MR) is 95.0 cm³/mol. The molecule has 0 bridgehead atoms. The van der Waals surface area contributed by atoms with Crippen LogP contribution in [0.5, 0.6) is 0 Å². The van der Waals surface area contributed by atoms with E-state index in [1.165, 1.54) is 0 Å². The second-order valence-electron chi connectivity index (χ2n) is 6.07. The summed E-state index contributed by atoms with van der Waals surface area (Å²) >= 11 is 0. The van der Waals surface area contributed by atoms with Gasteiger partial charge in [-0.2, -0.15) is 5.10 Å². The summed E-state index contributed by atoms with van der Waals surface area (Å²) in [5, 5.41) is 16.5. The van der Waals surface area contributed by atoms with Crippen molar-refractivity contribution in [1.82, 2.24) is 15.1 Å². The van der Waals surface area contributed by atoms with Crippen LogP contribution in [-0.4, -0.2) is 27.3 Å². The largest absolute Gasteiger partial charge is 0.392 e. The lowest BCUT2D eigenvalue weighted by molar-refractivity contribution is 0.0940. The van der Waals surface area contributed by atoms with E-state index >= 15 is 0 Å². The first-order valence-electron chi connectivity index (χ1n) is 8.62. The summed E-state index contributed by atoms with van der Waals surface area (Å²) in [6.07, 6.45) is 2.67. The normalized spacial score (nSPS) is 11.0. The van der Waals surface area contributed by atoms with Crippen molar-refractivity contribution >= 4 is 5.91 Å². The Morgan fingerprint density at radius 1 is 1.21 bits per heavy atom. The van der Waals surface area contributed by atoms with Gasteiger partial charge in [-0.05, 0) is 43.4 Å². The van der Waals surface area contributed by atoms with Crippen molar-refractivity contribution in [2.24, 2.45) is 0 Å². The van der Waals surface area contributed by atoms with Crippen molar-refractivity contribution in [3.05, 3.63) is 52.8 Å². The lowest BCUT2D eigenvalue weighted by atomic mass is 10.1. The Labute approximate surface area is 143 Å². The minimum atomic E-state index is -0.0746. The number of carbonyl (C=O) groups excluding carboxylic acids is 1. The summed E-state index contributed by atoms with van der Waals surface area (Å²) in [6.45, 7) is 6.77. The third kappa shape index (κ3) is 4.45. The van der Waals surface area contributed by atoms with E-state index in [4.69, 9.17) is 5.11 Å². The number of amides is 1. The van der Waals surface area contributed by atoms with Crippen LogP contribution in [0, 0.1) is 6.92 Å². The van der Waals surface area contributed by atoms with Crippen LogP contribution in [0.25, 0.3) is 0 Å². The Morgan fingerprint density at radius 2 is 1.83 bits per heavy atom. The molecule has 0 unspecified atom stereocenters. The average Bonchev–Trinajstić information content (AvgIpc) is 2.98. The number of nitrogens with zero attached hydrogens (tertiary/aromatic N) is 2. The topological polar surface area (TPSA) is 67.2 Å². The number of hydrogen-bond acceptors (Lipinski definition) is 3. The molecular formula is C19H27N3O2. The van der Waals surface area contributed by atoms with Crippen LogP contribution in [0.3, 0.4) is 0 Å². The van der Waals surface area contributed by atoms with E-state index in [0.717, 1.165) is 36.1 Å². The van der Waals surface area contributed by atoms with Crippen molar-refractivity contribution in [1.29, 1.82) is 0 Å². The molecule has 0 fully saturated rings. The molecule has 5 heteroatoms. The van der Waals surface area contributed by atoms with Crippen molar-refractivity contribution in [2.75, 3.05) is 6.54 Å². The van der Waals surface area contributed by atoms with Gasteiger partial charge in [0.15, 0.2) is 0 Å². The highest BCUT2D eigenvalue weighted by molar-refractivity contribution is 5.92. The molecule has 24 heavy (non-hydrogen) atoms. The van der Waals surface area contributed by atoms with Crippen LogP contribution in [0.4, 0.5) is 0 Å². The highest BCUT2D eigenvalue weighted by Gasteiger charge is 2.18. The summed E-state index contributed by atoms with van der Waals surface area (Å²) in [7, 11) is 0. The minimum absolute atomic E-state index is 0.0520. The number of aliphatic hydroxyl groups excluding tert-OH is 1. The second-order valence-corrected chi connectivity index (χ2v) is 6.07. The lowest BCUT2D eigenvalue weighted by Gasteiger charge is -2.16. The molecule has 2 rings (SSSR count). The summed E-state index contributed by atoms with van der Waals surface area (Å²) in [5.74, 6) is -0.0746. The molecule has 0 saturated heterocycles. The van der Waals surface area contributed by atoms with Gasteiger partial charge in [0.25, 0.3) is 5.91 Å². The van der Waals surface area contributed by atoms with Crippen LogP contribution in [0.1, 0.15) is 60.0 Å². The number of benzene rings is 1. The molecule has 130 valence electrons. The lowest BCUT2D eigenvalue weighted by Crippen LogP contribution is -2.29. The number of aryl methyl sites for hydroxylation is 1. The molecule has 1 heterocycles. The molecule has 0 aliphatic carbocycles. The van der Waals surface area contributed by atoms with Crippen LogP contribution < -0.4 is 5.32 Å². The van der Waals surface area contributed by atoms with Gasteiger partial charge >= 0.3 is 0 Å². The van der Waals surface area contributed by atoms with Crippen LogP contribution in [0.15, 0.2) is 30.3 Å². The van der Waals surface area contributed by atoms with E-state index in [1.54, 1.807) is 0 Å². The molecule has 1 amide bonds. The van der Waals surface area contributed by atoms with Gasteiger partial charge in [0.05, 0.1) is 18.3 Å². The standard InChI is InChI=1S/C19H27N3O2/c1-4-17(5-2)22-18(12-14(3)21-22)19(24)20-11-10-15-6-8-16(13-23)9-7-15/h6-9,12,17,23H,4-5,10-11,13H2,1-3H3,(H,20,24). The fraction of sp³-hybridized carbons (Fsp3) is 0.474. The molecular weight excluding hydrogens is 302 g/mol. The average molecular weight is 329 g/mol. The van der Waals surface area contributed by atoms with E-state index < -0.39 is 0 Å². The monoisotopic (exact) mass is 329 g/mol.